The Balaban J connectivity index is 1.71. The fourth-order valence-corrected chi connectivity index (χ4v) is 3.65. The molecular weight excluding hydrogens is 301 g/mol. The second kappa shape index (κ2) is 6.58. The second-order valence-corrected chi connectivity index (χ2v) is 6.48. The van der Waals surface area contributed by atoms with Gasteiger partial charge >= 0.3 is 0 Å². The summed E-state index contributed by atoms with van der Waals surface area (Å²) in [5.41, 5.74) is 0.934. The van der Waals surface area contributed by atoms with Gasteiger partial charge in [-0.15, -0.1) is 11.3 Å². The van der Waals surface area contributed by atoms with Crippen molar-refractivity contribution in [3.8, 4) is 10.4 Å². The summed E-state index contributed by atoms with van der Waals surface area (Å²) in [7, 11) is 1.72. The molecule has 1 saturated heterocycles. The highest BCUT2D eigenvalue weighted by Crippen LogP contribution is 2.29. The number of carbonyl (C=O) groups excluding carboxylic acids is 1. The maximum absolute atomic E-state index is 13.0. The quantitative estimate of drug-likeness (QED) is 0.861. The Morgan fingerprint density at radius 3 is 2.50 bits per heavy atom. The van der Waals surface area contributed by atoms with Crippen molar-refractivity contribution in [3.05, 3.63) is 47.1 Å². The van der Waals surface area contributed by atoms with E-state index in [1.165, 1.54) is 23.5 Å². The molecule has 116 valence electrons. The van der Waals surface area contributed by atoms with Gasteiger partial charge in [-0.25, -0.2) is 4.39 Å². The molecule has 0 unspecified atom stereocenters. The van der Waals surface area contributed by atoms with Gasteiger partial charge in [0.2, 0.25) is 0 Å². The molecule has 5 heteroatoms. The molecule has 0 N–H and O–H groups in total. The molecule has 0 saturated carbocycles. The van der Waals surface area contributed by atoms with Crippen LogP contribution in [0.15, 0.2) is 36.4 Å². The summed E-state index contributed by atoms with van der Waals surface area (Å²) in [6.07, 6.45) is 2.04. The zero-order valence-electron chi connectivity index (χ0n) is 12.4. The van der Waals surface area contributed by atoms with Crippen LogP contribution in [0.25, 0.3) is 10.4 Å². The Hall–Kier alpha value is -1.72. The number of rotatable bonds is 3. The van der Waals surface area contributed by atoms with Crippen molar-refractivity contribution in [2.75, 3.05) is 20.2 Å². The average molecular weight is 319 g/mol. The number of halogens is 1. The van der Waals surface area contributed by atoms with Gasteiger partial charge in [0.25, 0.3) is 5.91 Å². The minimum atomic E-state index is -0.252. The molecule has 1 aliphatic heterocycles. The number of piperidine rings is 1. The maximum atomic E-state index is 13.0. The Labute approximate surface area is 133 Å². The molecular formula is C17H18FNO2S. The summed E-state index contributed by atoms with van der Waals surface area (Å²) < 4.78 is 18.3. The Morgan fingerprint density at radius 1 is 1.18 bits per heavy atom. The van der Waals surface area contributed by atoms with Crippen molar-refractivity contribution in [1.82, 2.24) is 4.90 Å². The van der Waals surface area contributed by atoms with Gasteiger partial charge in [0.05, 0.1) is 11.0 Å². The number of hydrogen-bond donors (Lipinski definition) is 0. The van der Waals surface area contributed by atoms with Crippen molar-refractivity contribution in [2.24, 2.45) is 0 Å². The maximum Gasteiger partial charge on any atom is 0.263 e. The standard InChI is InChI=1S/C17H18FNO2S/c1-21-14-8-10-19(11-9-14)17(20)16-7-6-15(22-16)12-2-4-13(18)5-3-12/h2-7,14H,8-11H2,1H3. The molecule has 22 heavy (non-hydrogen) atoms. The molecule has 1 amide bonds. The first-order valence-electron chi connectivity index (χ1n) is 7.35. The molecule has 3 rings (SSSR count). The Morgan fingerprint density at radius 2 is 1.86 bits per heavy atom. The first-order chi connectivity index (χ1) is 10.7. The summed E-state index contributed by atoms with van der Waals surface area (Å²) in [4.78, 5) is 16.1. The van der Waals surface area contributed by atoms with Crippen LogP contribution in [0.3, 0.4) is 0 Å². The third kappa shape index (κ3) is 3.20. The third-order valence-electron chi connectivity index (χ3n) is 4.01. The summed E-state index contributed by atoms with van der Waals surface area (Å²) in [5, 5.41) is 0. The summed E-state index contributed by atoms with van der Waals surface area (Å²) in [6.45, 7) is 1.47. The van der Waals surface area contributed by atoms with E-state index < -0.39 is 0 Å². The van der Waals surface area contributed by atoms with Crippen molar-refractivity contribution >= 4 is 17.2 Å². The Bertz CT molecular complexity index is 645. The fraction of sp³-hybridized carbons (Fsp3) is 0.353. The summed E-state index contributed by atoms with van der Waals surface area (Å²) in [5.74, 6) is -0.175. The minimum Gasteiger partial charge on any atom is -0.381 e. The minimum absolute atomic E-state index is 0.0768. The van der Waals surface area contributed by atoms with E-state index in [1.54, 1.807) is 19.2 Å². The third-order valence-corrected chi connectivity index (χ3v) is 5.13. The predicted molar refractivity (Wildman–Crippen MR) is 85.6 cm³/mol. The van der Waals surface area contributed by atoms with E-state index in [0.717, 1.165) is 41.2 Å². The number of likely N-dealkylation sites (tertiary alicyclic amines) is 1. The van der Waals surface area contributed by atoms with Crippen LogP contribution in [-0.4, -0.2) is 37.1 Å². The number of benzene rings is 1. The van der Waals surface area contributed by atoms with Gasteiger partial charge < -0.3 is 9.64 Å². The van der Waals surface area contributed by atoms with Gasteiger partial charge in [-0.3, -0.25) is 4.79 Å². The lowest BCUT2D eigenvalue weighted by Gasteiger charge is -2.30. The van der Waals surface area contributed by atoms with Gasteiger partial charge in [0.1, 0.15) is 5.82 Å². The molecule has 0 spiro atoms. The highest BCUT2D eigenvalue weighted by Gasteiger charge is 2.24. The number of nitrogens with zero attached hydrogens (tertiary/aromatic N) is 1. The number of carbonyl (C=O) groups is 1. The van der Waals surface area contributed by atoms with Crippen molar-refractivity contribution < 1.29 is 13.9 Å². The fourth-order valence-electron chi connectivity index (χ4n) is 2.67. The molecule has 1 fully saturated rings. The lowest BCUT2D eigenvalue weighted by molar-refractivity contribution is 0.0353. The van der Waals surface area contributed by atoms with E-state index in [-0.39, 0.29) is 17.8 Å². The molecule has 1 aliphatic rings. The summed E-state index contributed by atoms with van der Waals surface area (Å²) >= 11 is 1.46. The molecule has 2 aromatic rings. The zero-order chi connectivity index (χ0) is 15.5. The van der Waals surface area contributed by atoms with Gasteiger partial charge in [-0.1, -0.05) is 12.1 Å². The van der Waals surface area contributed by atoms with Gasteiger partial charge in [0, 0.05) is 25.1 Å². The molecule has 0 bridgehead atoms. The normalized spacial score (nSPS) is 16.0. The molecule has 1 aromatic heterocycles. The van der Waals surface area contributed by atoms with E-state index in [1.807, 2.05) is 17.0 Å². The van der Waals surface area contributed by atoms with Crippen LogP contribution in [0, 0.1) is 5.82 Å². The molecule has 0 radical (unpaired) electrons. The molecule has 1 aromatic carbocycles. The number of ether oxygens (including phenoxy) is 1. The molecule has 0 atom stereocenters. The second-order valence-electron chi connectivity index (χ2n) is 5.40. The smallest absolute Gasteiger partial charge is 0.263 e. The molecule has 3 nitrogen and oxygen atoms in total. The van der Waals surface area contributed by atoms with E-state index in [4.69, 9.17) is 4.74 Å². The van der Waals surface area contributed by atoms with Crippen molar-refractivity contribution in [3.63, 3.8) is 0 Å². The van der Waals surface area contributed by atoms with E-state index in [0.29, 0.717) is 0 Å². The van der Waals surface area contributed by atoms with E-state index in [9.17, 15) is 9.18 Å². The molecule has 2 heterocycles. The van der Waals surface area contributed by atoms with E-state index >= 15 is 0 Å². The van der Waals surface area contributed by atoms with E-state index in [2.05, 4.69) is 0 Å². The number of methoxy groups -OCH3 is 1. The van der Waals surface area contributed by atoms with Crippen LogP contribution in [0.1, 0.15) is 22.5 Å². The highest BCUT2D eigenvalue weighted by molar-refractivity contribution is 7.17. The lowest BCUT2D eigenvalue weighted by Crippen LogP contribution is -2.40. The Kier molecular flexibility index (Phi) is 4.55. The monoisotopic (exact) mass is 319 g/mol. The largest absolute Gasteiger partial charge is 0.381 e. The SMILES string of the molecule is COC1CCN(C(=O)c2ccc(-c3ccc(F)cc3)s2)CC1. The number of thiophene rings is 1. The summed E-state index contributed by atoms with van der Waals surface area (Å²) in [6, 6.07) is 10.1. The first kappa shape index (κ1) is 15.2. The predicted octanol–water partition coefficient (Wildman–Crippen LogP) is 3.81. The first-order valence-corrected chi connectivity index (χ1v) is 8.17. The van der Waals surface area contributed by atoms with Gasteiger partial charge in [0.15, 0.2) is 0 Å². The van der Waals surface area contributed by atoms with Gasteiger partial charge in [-0.05, 0) is 42.7 Å². The van der Waals surface area contributed by atoms with Crippen LogP contribution in [0.2, 0.25) is 0 Å². The van der Waals surface area contributed by atoms with Gasteiger partial charge in [-0.2, -0.15) is 0 Å². The molecule has 0 aliphatic carbocycles. The van der Waals surface area contributed by atoms with Crippen LogP contribution in [0.5, 0.6) is 0 Å². The zero-order valence-corrected chi connectivity index (χ0v) is 13.2. The lowest BCUT2D eigenvalue weighted by atomic mass is 10.1. The van der Waals surface area contributed by atoms with Crippen LogP contribution in [0.4, 0.5) is 4.39 Å². The van der Waals surface area contributed by atoms with Crippen LogP contribution in [-0.2, 0) is 4.74 Å². The van der Waals surface area contributed by atoms with Crippen molar-refractivity contribution in [2.45, 2.75) is 18.9 Å². The number of hydrogen-bond acceptors (Lipinski definition) is 3. The number of amides is 1. The average Bonchev–Trinajstić information content (AvgIpc) is 3.05. The van der Waals surface area contributed by atoms with Crippen LogP contribution >= 0.6 is 11.3 Å². The topological polar surface area (TPSA) is 29.5 Å². The highest BCUT2D eigenvalue weighted by atomic mass is 32.1. The van der Waals surface area contributed by atoms with Crippen molar-refractivity contribution in [1.29, 1.82) is 0 Å². The van der Waals surface area contributed by atoms with Crippen LogP contribution < -0.4 is 0 Å².